The quantitative estimate of drug-likeness (QED) is 0.863. The molecule has 0 spiro atoms. The second-order valence-corrected chi connectivity index (χ2v) is 4.58. The molecule has 0 bridgehead atoms. The molecule has 0 aliphatic rings. The summed E-state index contributed by atoms with van der Waals surface area (Å²) in [6, 6.07) is 9.07. The Bertz CT molecular complexity index is 696. The Morgan fingerprint density at radius 3 is 2.41 bits per heavy atom. The highest BCUT2D eigenvalue weighted by molar-refractivity contribution is 5.94. The number of Topliss-reactive ketones (excluding diaryl/α,β-unsaturated/α-hetero) is 1. The van der Waals surface area contributed by atoms with Crippen LogP contribution in [0.25, 0.3) is 0 Å². The van der Waals surface area contributed by atoms with Crippen LogP contribution < -0.4 is 10.1 Å². The molecule has 0 aliphatic heterocycles. The summed E-state index contributed by atoms with van der Waals surface area (Å²) >= 11 is 0. The third kappa shape index (κ3) is 4.37. The highest BCUT2D eigenvalue weighted by atomic mass is 19.1. The Hall–Kier alpha value is -2.76. The summed E-state index contributed by atoms with van der Waals surface area (Å²) in [7, 11) is 0. The molecule has 4 nitrogen and oxygen atoms in total. The number of nitrogens with one attached hydrogen (secondary N) is 1. The van der Waals surface area contributed by atoms with Gasteiger partial charge in [-0.15, -0.1) is 0 Å². The zero-order chi connectivity index (χ0) is 16.1. The van der Waals surface area contributed by atoms with Crippen molar-refractivity contribution in [3.05, 3.63) is 59.7 Å². The first-order chi connectivity index (χ1) is 10.4. The fourth-order valence-corrected chi connectivity index (χ4v) is 1.78. The van der Waals surface area contributed by atoms with E-state index in [1.807, 2.05) is 0 Å². The third-order valence-corrected chi connectivity index (χ3v) is 2.76. The van der Waals surface area contributed by atoms with Gasteiger partial charge in [-0.3, -0.25) is 9.59 Å². The van der Waals surface area contributed by atoms with Gasteiger partial charge in [-0.1, -0.05) is 12.1 Å². The molecule has 1 N–H and O–H groups in total. The predicted octanol–water partition coefficient (Wildman–Crippen LogP) is 3.18. The van der Waals surface area contributed by atoms with Crippen LogP contribution in [-0.2, 0) is 4.79 Å². The Kier molecular flexibility index (Phi) is 4.83. The molecular weight excluding hydrogens is 292 g/mol. The number of carbonyl (C=O) groups excluding carboxylic acids is 2. The second kappa shape index (κ2) is 6.80. The maximum Gasteiger partial charge on any atom is 0.262 e. The number of rotatable bonds is 5. The van der Waals surface area contributed by atoms with Crippen molar-refractivity contribution in [3.8, 4) is 5.75 Å². The summed E-state index contributed by atoms with van der Waals surface area (Å²) in [4.78, 5) is 22.9. The Labute approximate surface area is 125 Å². The van der Waals surface area contributed by atoms with Gasteiger partial charge in [-0.2, -0.15) is 0 Å². The summed E-state index contributed by atoms with van der Waals surface area (Å²) in [6.07, 6.45) is 0. The maximum absolute atomic E-state index is 13.0. The van der Waals surface area contributed by atoms with Gasteiger partial charge in [0.25, 0.3) is 5.91 Å². The van der Waals surface area contributed by atoms with Crippen LogP contribution >= 0.6 is 0 Å². The van der Waals surface area contributed by atoms with Crippen LogP contribution in [0.15, 0.2) is 42.5 Å². The first-order valence-corrected chi connectivity index (χ1v) is 6.44. The molecule has 0 heterocycles. The standard InChI is InChI=1S/C16H13F2NO3/c1-10(20)11-3-2-4-15(5-11)22-9-16(21)19-14-7-12(17)6-13(18)8-14/h2-8H,9H2,1H3,(H,19,21). The molecule has 22 heavy (non-hydrogen) atoms. The number of hydrogen-bond donors (Lipinski definition) is 1. The fourth-order valence-electron chi connectivity index (χ4n) is 1.78. The van der Waals surface area contributed by atoms with Crippen LogP contribution in [0.3, 0.4) is 0 Å². The van der Waals surface area contributed by atoms with Crippen LogP contribution in [0, 0.1) is 11.6 Å². The van der Waals surface area contributed by atoms with Crippen LogP contribution in [-0.4, -0.2) is 18.3 Å². The van der Waals surface area contributed by atoms with Gasteiger partial charge >= 0.3 is 0 Å². The molecule has 0 atom stereocenters. The van der Waals surface area contributed by atoms with E-state index in [2.05, 4.69) is 5.32 Å². The molecule has 0 saturated heterocycles. The van der Waals surface area contributed by atoms with Gasteiger partial charge in [-0.25, -0.2) is 8.78 Å². The molecule has 1 amide bonds. The molecule has 0 aromatic heterocycles. The minimum atomic E-state index is -0.787. The third-order valence-electron chi connectivity index (χ3n) is 2.76. The van der Waals surface area contributed by atoms with E-state index in [-0.39, 0.29) is 18.1 Å². The lowest BCUT2D eigenvalue weighted by atomic mass is 10.1. The molecule has 2 rings (SSSR count). The lowest BCUT2D eigenvalue weighted by Crippen LogP contribution is -2.20. The van der Waals surface area contributed by atoms with Crippen molar-refractivity contribution >= 4 is 17.4 Å². The topological polar surface area (TPSA) is 55.4 Å². The van der Waals surface area contributed by atoms with Gasteiger partial charge in [0.1, 0.15) is 17.4 Å². The Morgan fingerprint density at radius 1 is 1.09 bits per heavy atom. The lowest BCUT2D eigenvalue weighted by Gasteiger charge is -2.08. The van der Waals surface area contributed by atoms with Crippen LogP contribution in [0.1, 0.15) is 17.3 Å². The van der Waals surface area contributed by atoms with Gasteiger partial charge in [0.2, 0.25) is 0 Å². The summed E-state index contributed by atoms with van der Waals surface area (Å²) in [5.41, 5.74) is 0.466. The smallest absolute Gasteiger partial charge is 0.262 e. The van der Waals surface area contributed by atoms with Crippen molar-refractivity contribution in [3.63, 3.8) is 0 Å². The largest absolute Gasteiger partial charge is 0.484 e. The molecule has 6 heteroatoms. The maximum atomic E-state index is 13.0. The summed E-state index contributed by atoms with van der Waals surface area (Å²) in [6.45, 7) is 1.07. The molecule has 0 radical (unpaired) electrons. The SMILES string of the molecule is CC(=O)c1cccc(OCC(=O)Nc2cc(F)cc(F)c2)c1. The lowest BCUT2D eigenvalue weighted by molar-refractivity contribution is -0.118. The van der Waals surface area contributed by atoms with Gasteiger partial charge in [-0.05, 0) is 31.2 Å². The van der Waals surface area contributed by atoms with Crippen LogP contribution in [0.5, 0.6) is 5.75 Å². The van der Waals surface area contributed by atoms with Gasteiger partial charge in [0, 0.05) is 17.3 Å². The molecule has 2 aromatic rings. The van der Waals surface area contributed by atoms with E-state index in [1.165, 1.54) is 13.0 Å². The first kappa shape index (κ1) is 15.6. The predicted molar refractivity (Wildman–Crippen MR) is 76.9 cm³/mol. The fraction of sp³-hybridized carbons (Fsp3) is 0.125. The number of ether oxygens (including phenoxy) is 1. The summed E-state index contributed by atoms with van der Waals surface area (Å²) < 4.78 is 31.2. The Morgan fingerprint density at radius 2 is 1.77 bits per heavy atom. The molecule has 2 aromatic carbocycles. The minimum Gasteiger partial charge on any atom is -0.484 e. The van der Waals surface area contributed by atoms with Crippen molar-refractivity contribution in [1.82, 2.24) is 0 Å². The highest BCUT2D eigenvalue weighted by Gasteiger charge is 2.07. The normalized spacial score (nSPS) is 10.1. The van der Waals surface area contributed by atoms with Gasteiger partial charge in [0.05, 0.1) is 0 Å². The van der Waals surface area contributed by atoms with Crippen molar-refractivity contribution in [2.45, 2.75) is 6.92 Å². The number of anilines is 1. The van der Waals surface area contributed by atoms with E-state index in [9.17, 15) is 18.4 Å². The van der Waals surface area contributed by atoms with E-state index in [0.29, 0.717) is 17.4 Å². The average Bonchev–Trinajstić information content (AvgIpc) is 2.44. The zero-order valence-electron chi connectivity index (χ0n) is 11.7. The number of carbonyl (C=O) groups is 2. The molecule has 0 unspecified atom stereocenters. The first-order valence-electron chi connectivity index (χ1n) is 6.44. The molecule has 0 fully saturated rings. The number of amides is 1. The van der Waals surface area contributed by atoms with Gasteiger partial charge < -0.3 is 10.1 Å². The van der Waals surface area contributed by atoms with E-state index < -0.39 is 17.5 Å². The van der Waals surface area contributed by atoms with Crippen LogP contribution in [0.2, 0.25) is 0 Å². The van der Waals surface area contributed by atoms with Crippen molar-refractivity contribution < 1.29 is 23.1 Å². The number of benzene rings is 2. The molecule has 114 valence electrons. The molecule has 0 aliphatic carbocycles. The number of ketones is 1. The van der Waals surface area contributed by atoms with E-state index >= 15 is 0 Å². The van der Waals surface area contributed by atoms with Crippen molar-refractivity contribution in [1.29, 1.82) is 0 Å². The number of hydrogen-bond acceptors (Lipinski definition) is 3. The molecule has 0 saturated carbocycles. The van der Waals surface area contributed by atoms with Crippen molar-refractivity contribution in [2.24, 2.45) is 0 Å². The summed E-state index contributed by atoms with van der Waals surface area (Å²) in [5.74, 6) is -1.91. The van der Waals surface area contributed by atoms with Crippen LogP contribution in [0.4, 0.5) is 14.5 Å². The van der Waals surface area contributed by atoms with E-state index in [4.69, 9.17) is 4.74 Å². The number of halogens is 2. The summed E-state index contributed by atoms with van der Waals surface area (Å²) in [5, 5.41) is 2.32. The van der Waals surface area contributed by atoms with Gasteiger partial charge in [0.15, 0.2) is 12.4 Å². The highest BCUT2D eigenvalue weighted by Crippen LogP contribution is 2.15. The van der Waals surface area contributed by atoms with E-state index in [1.54, 1.807) is 18.2 Å². The minimum absolute atomic E-state index is 0.00332. The molecular formula is C16H13F2NO3. The van der Waals surface area contributed by atoms with E-state index in [0.717, 1.165) is 12.1 Å². The zero-order valence-corrected chi connectivity index (χ0v) is 11.7. The second-order valence-electron chi connectivity index (χ2n) is 4.58. The average molecular weight is 305 g/mol. The Balaban J connectivity index is 1.95. The van der Waals surface area contributed by atoms with Crippen molar-refractivity contribution in [2.75, 3.05) is 11.9 Å². The monoisotopic (exact) mass is 305 g/mol.